The van der Waals surface area contributed by atoms with Gasteiger partial charge >= 0.3 is 12.4 Å². The fraction of sp³-hybridized carbons (Fsp3) is 0.538. The normalized spacial score (nSPS) is 20.5. The van der Waals surface area contributed by atoms with Crippen molar-refractivity contribution in [2.45, 2.75) is 44.4 Å². The first-order valence-electron chi connectivity index (χ1n) is 6.85. The Kier molecular flexibility index (Phi) is 3.32. The van der Waals surface area contributed by atoms with Crippen LogP contribution in [-0.4, -0.2) is 30.4 Å². The minimum absolute atomic E-state index is 0.0104. The van der Waals surface area contributed by atoms with Crippen LogP contribution >= 0.6 is 0 Å². The molecule has 0 aromatic carbocycles. The summed E-state index contributed by atoms with van der Waals surface area (Å²) in [6, 6.07) is -0.783. The molecule has 3 heterocycles. The zero-order valence-electron chi connectivity index (χ0n) is 12.4. The van der Waals surface area contributed by atoms with Crippen LogP contribution < -0.4 is 0 Å². The Labute approximate surface area is 131 Å². The van der Waals surface area contributed by atoms with Gasteiger partial charge in [0, 0.05) is 6.54 Å². The van der Waals surface area contributed by atoms with Gasteiger partial charge in [-0.3, -0.25) is 0 Å². The van der Waals surface area contributed by atoms with Crippen LogP contribution in [0.25, 0.3) is 11.5 Å². The van der Waals surface area contributed by atoms with Crippen LogP contribution in [0.2, 0.25) is 0 Å². The average molecular weight is 354 g/mol. The predicted molar refractivity (Wildman–Crippen MR) is 68.8 cm³/mol. The number of aromatic nitrogens is 4. The highest BCUT2D eigenvalue weighted by Gasteiger charge is 2.55. The van der Waals surface area contributed by atoms with E-state index in [-0.39, 0.29) is 18.1 Å². The fourth-order valence-electron chi connectivity index (χ4n) is 2.80. The molecule has 0 spiro atoms. The zero-order chi connectivity index (χ0) is 18.1. The molecule has 2 atom stereocenters. The molecule has 1 unspecified atom stereocenters. The van der Waals surface area contributed by atoms with Crippen molar-refractivity contribution in [1.82, 2.24) is 19.1 Å². The van der Waals surface area contributed by atoms with Gasteiger partial charge in [-0.25, -0.2) is 9.97 Å². The first-order valence-corrected chi connectivity index (χ1v) is 6.85. The zero-order valence-corrected chi connectivity index (χ0v) is 12.4. The molecule has 11 heteroatoms. The second kappa shape index (κ2) is 4.74. The Bertz CT molecular complexity index is 785. The highest BCUT2D eigenvalue weighted by Crippen LogP contribution is 2.43. The maximum Gasteiger partial charge on any atom is 0.433 e. The van der Waals surface area contributed by atoms with Crippen LogP contribution in [0.15, 0.2) is 12.4 Å². The SMILES string of the molecule is C[C@H]1Cn2c(C(F)(F)F)cnc2-c2cnc(C(C)(O)C(F)(F)F)n21. The molecular formula is C13H12F6N4O. The minimum Gasteiger partial charge on any atom is -0.374 e. The van der Waals surface area contributed by atoms with E-state index in [2.05, 4.69) is 9.97 Å². The summed E-state index contributed by atoms with van der Waals surface area (Å²) >= 11 is 0. The average Bonchev–Trinajstić information content (AvgIpc) is 2.99. The summed E-state index contributed by atoms with van der Waals surface area (Å²) in [5.74, 6) is -0.822. The molecule has 3 rings (SSSR count). The van der Waals surface area contributed by atoms with Gasteiger partial charge < -0.3 is 14.2 Å². The van der Waals surface area contributed by atoms with E-state index in [0.717, 1.165) is 15.3 Å². The topological polar surface area (TPSA) is 55.9 Å². The quantitative estimate of drug-likeness (QED) is 0.801. The molecule has 1 aliphatic rings. The van der Waals surface area contributed by atoms with Gasteiger partial charge in [0.15, 0.2) is 11.6 Å². The number of aliphatic hydroxyl groups is 1. The van der Waals surface area contributed by atoms with Gasteiger partial charge in [-0.2, -0.15) is 26.3 Å². The number of hydrogen-bond acceptors (Lipinski definition) is 3. The third-order valence-corrected chi connectivity index (χ3v) is 4.05. The van der Waals surface area contributed by atoms with Crippen LogP contribution in [0.4, 0.5) is 26.3 Å². The second-order valence-electron chi connectivity index (χ2n) is 5.83. The first-order chi connectivity index (χ1) is 10.9. The molecule has 132 valence electrons. The van der Waals surface area contributed by atoms with E-state index in [9.17, 15) is 31.4 Å². The number of nitrogens with zero attached hydrogens (tertiary/aromatic N) is 4. The Morgan fingerprint density at radius 2 is 1.75 bits per heavy atom. The van der Waals surface area contributed by atoms with Crippen LogP contribution in [0.1, 0.15) is 31.4 Å². The van der Waals surface area contributed by atoms with E-state index >= 15 is 0 Å². The largest absolute Gasteiger partial charge is 0.433 e. The summed E-state index contributed by atoms with van der Waals surface area (Å²) in [4.78, 5) is 7.29. The van der Waals surface area contributed by atoms with Crippen molar-refractivity contribution in [3.8, 4) is 11.5 Å². The van der Waals surface area contributed by atoms with Gasteiger partial charge in [0.25, 0.3) is 0 Å². The molecule has 2 aromatic rings. The van der Waals surface area contributed by atoms with Gasteiger partial charge in [-0.1, -0.05) is 0 Å². The molecule has 1 aliphatic heterocycles. The molecule has 0 bridgehead atoms. The summed E-state index contributed by atoms with van der Waals surface area (Å²) in [6.45, 7) is 1.76. The van der Waals surface area contributed by atoms with Gasteiger partial charge in [0.2, 0.25) is 5.60 Å². The van der Waals surface area contributed by atoms with E-state index < -0.39 is 35.5 Å². The third kappa shape index (κ3) is 2.21. The molecular weight excluding hydrogens is 342 g/mol. The van der Waals surface area contributed by atoms with Gasteiger partial charge in [0.1, 0.15) is 11.4 Å². The molecule has 5 nitrogen and oxygen atoms in total. The lowest BCUT2D eigenvalue weighted by atomic mass is 10.0. The van der Waals surface area contributed by atoms with E-state index in [1.807, 2.05) is 0 Å². The molecule has 0 saturated heterocycles. The lowest BCUT2D eigenvalue weighted by Gasteiger charge is -2.32. The maximum absolute atomic E-state index is 13.1. The van der Waals surface area contributed by atoms with Gasteiger partial charge in [-0.15, -0.1) is 0 Å². The van der Waals surface area contributed by atoms with E-state index in [0.29, 0.717) is 13.1 Å². The second-order valence-corrected chi connectivity index (χ2v) is 5.83. The summed E-state index contributed by atoms with van der Waals surface area (Å²) in [5, 5.41) is 9.85. The molecule has 0 saturated carbocycles. The van der Waals surface area contributed by atoms with Crippen molar-refractivity contribution in [3.05, 3.63) is 23.9 Å². The number of alkyl halides is 6. The number of rotatable bonds is 1. The number of fused-ring (bicyclic) bond motifs is 3. The molecule has 1 N–H and O–H groups in total. The Morgan fingerprint density at radius 1 is 1.12 bits per heavy atom. The van der Waals surface area contributed by atoms with Gasteiger partial charge in [0.05, 0.1) is 18.4 Å². The molecule has 2 aromatic heterocycles. The first kappa shape index (κ1) is 16.8. The van der Waals surface area contributed by atoms with Crippen molar-refractivity contribution in [1.29, 1.82) is 0 Å². The lowest BCUT2D eigenvalue weighted by Crippen LogP contribution is -2.42. The Hall–Kier alpha value is -2.04. The molecule has 0 amide bonds. The number of hydrogen-bond donors (Lipinski definition) is 1. The summed E-state index contributed by atoms with van der Waals surface area (Å²) in [5.41, 5.74) is -4.23. The van der Waals surface area contributed by atoms with Crippen LogP contribution in [0.5, 0.6) is 0 Å². The van der Waals surface area contributed by atoms with Gasteiger partial charge in [-0.05, 0) is 13.8 Å². The summed E-state index contributed by atoms with van der Waals surface area (Å²) in [6.07, 6.45) is -8.00. The molecule has 0 radical (unpaired) electrons. The third-order valence-electron chi connectivity index (χ3n) is 4.05. The highest BCUT2D eigenvalue weighted by atomic mass is 19.4. The fourth-order valence-corrected chi connectivity index (χ4v) is 2.80. The monoisotopic (exact) mass is 354 g/mol. The van der Waals surface area contributed by atoms with Crippen LogP contribution in [0.3, 0.4) is 0 Å². The van der Waals surface area contributed by atoms with E-state index in [1.54, 1.807) is 0 Å². The van der Waals surface area contributed by atoms with Crippen molar-refractivity contribution in [2.75, 3.05) is 0 Å². The molecule has 24 heavy (non-hydrogen) atoms. The predicted octanol–water partition coefficient (Wildman–Crippen LogP) is 3.11. The van der Waals surface area contributed by atoms with E-state index in [1.165, 1.54) is 6.92 Å². The maximum atomic E-state index is 13.1. The molecule has 0 aliphatic carbocycles. The number of imidazole rings is 2. The summed E-state index contributed by atoms with van der Waals surface area (Å²) in [7, 11) is 0. The Balaban J connectivity index is 2.19. The summed E-state index contributed by atoms with van der Waals surface area (Å²) < 4.78 is 80.2. The minimum atomic E-state index is -4.99. The standard InChI is InChI=1S/C13H12F6N4O/c1-6-5-22-8(12(14,15)16)4-20-9(22)7-3-21-10(23(6)7)11(2,24)13(17,18)19/h3-4,6,24H,5H2,1-2H3/t6-,11?/m0/s1. The van der Waals surface area contributed by atoms with Crippen molar-refractivity contribution >= 4 is 0 Å². The van der Waals surface area contributed by atoms with Crippen LogP contribution in [-0.2, 0) is 18.3 Å². The lowest BCUT2D eigenvalue weighted by molar-refractivity contribution is -0.262. The van der Waals surface area contributed by atoms with E-state index in [4.69, 9.17) is 0 Å². The van der Waals surface area contributed by atoms with Crippen molar-refractivity contribution < 1.29 is 31.4 Å². The smallest absolute Gasteiger partial charge is 0.374 e. The van der Waals surface area contributed by atoms with Crippen molar-refractivity contribution in [2.24, 2.45) is 0 Å². The van der Waals surface area contributed by atoms with Crippen LogP contribution in [0, 0.1) is 0 Å². The number of halogens is 6. The highest BCUT2D eigenvalue weighted by molar-refractivity contribution is 5.53. The Morgan fingerprint density at radius 3 is 2.29 bits per heavy atom. The van der Waals surface area contributed by atoms with Crippen molar-refractivity contribution in [3.63, 3.8) is 0 Å². The molecule has 0 fully saturated rings.